The van der Waals surface area contributed by atoms with Gasteiger partial charge in [-0.3, -0.25) is 0 Å². The second-order valence-electron chi connectivity index (χ2n) is 4.85. The van der Waals surface area contributed by atoms with Crippen LogP contribution in [-0.2, 0) is 11.3 Å². The van der Waals surface area contributed by atoms with E-state index in [0.29, 0.717) is 29.2 Å². The van der Waals surface area contributed by atoms with Crippen molar-refractivity contribution < 1.29 is 4.74 Å². The Morgan fingerprint density at radius 3 is 3.15 bits per heavy atom. The second-order valence-corrected chi connectivity index (χ2v) is 5.26. The van der Waals surface area contributed by atoms with Crippen LogP contribution in [0.2, 0.25) is 5.02 Å². The summed E-state index contributed by atoms with van der Waals surface area (Å²) in [6.07, 6.45) is 3.45. The lowest BCUT2D eigenvalue weighted by atomic mass is 10.1. The van der Waals surface area contributed by atoms with E-state index in [-0.39, 0.29) is 0 Å². The highest BCUT2D eigenvalue weighted by atomic mass is 35.5. The van der Waals surface area contributed by atoms with Gasteiger partial charge < -0.3 is 10.5 Å². The lowest BCUT2D eigenvalue weighted by Crippen LogP contribution is -2.12. The van der Waals surface area contributed by atoms with Crippen LogP contribution in [0.25, 0.3) is 11.4 Å². The SMILES string of the molecule is Nc1c(Cl)cccc1-c1nnnn1CCC1CCCO1. The highest BCUT2D eigenvalue weighted by molar-refractivity contribution is 6.33. The molecule has 0 radical (unpaired) electrons. The molecule has 106 valence electrons. The molecule has 3 rings (SSSR count). The van der Waals surface area contributed by atoms with Crippen molar-refractivity contribution in [2.75, 3.05) is 12.3 Å². The van der Waals surface area contributed by atoms with Crippen LogP contribution in [0.1, 0.15) is 19.3 Å². The third-order valence-corrected chi connectivity index (χ3v) is 3.84. The molecule has 0 amide bonds. The second kappa shape index (κ2) is 5.76. The Balaban J connectivity index is 1.80. The van der Waals surface area contributed by atoms with Crippen molar-refractivity contribution in [2.45, 2.75) is 31.9 Å². The number of anilines is 1. The lowest BCUT2D eigenvalue weighted by Gasteiger charge is -2.11. The molecular weight excluding hydrogens is 278 g/mol. The predicted molar refractivity (Wildman–Crippen MR) is 76.3 cm³/mol. The van der Waals surface area contributed by atoms with Crippen LogP contribution >= 0.6 is 11.6 Å². The smallest absolute Gasteiger partial charge is 0.184 e. The van der Waals surface area contributed by atoms with Crippen LogP contribution in [0.4, 0.5) is 5.69 Å². The zero-order valence-electron chi connectivity index (χ0n) is 11.0. The van der Waals surface area contributed by atoms with Gasteiger partial charge in [-0.25, -0.2) is 4.68 Å². The minimum atomic E-state index is 0.309. The topological polar surface area (TPSA) is 78.9 Å². The molecule has 1 saturated heterocycles. The molecule has 2 aromatic rings. The summed E-state index contributed by atoms with van der Waals surface area (Å²) >= 11 is 6.04. The summed E-state index contributed by atoms with van der Waals surface area (Å²) in [6, 6.07) is 5.46. The Hall–Kier alpha value is -1.66. The summed E-state index contributed by atoms with van der Waals surface area (Å²) < 4.78 is 7.37. The van der Waals surface area contributed by atoms with Crippen molar-refractivity contribution in [3.05, 3.63) is 23.2 Å². The van der Waals surface area contributed by atoms with E-state index in [1.54, 1.807) is 10.7 Å². The van der Waals surface area contributed by atoms with Crippen molar-refractivity contribution in [1.82, 2.24) is 20.2 Å². The number of benzene rings is 1. The Morgan fingerprint density at radius 2 is 2.35 bits per heavy atom. The maximum absolute atomic E-state index is 6.04. The quantitative estimate of drug-likeness (QED) is 0.874. The zero-order valence-corrected chi connectivity index (χ0v) is 11.8. The summed E-state index contributed by atoms with van der Waals surface area (Å²) in [6.45, 7) is 1.56. The molecule has 1 aromatic carbocycles. The van der Waals surface area contributed by atoms with Gasteiger partial charge in [0.1, 0.15) is 0 Å². The standard InChI is InChI=1S/C13H16ClN5O/c14-11-5-1-4-10(12(11)15)13-16-17-18-19(13)7-6-9-3-2-8-20-9/h1,4-5,9H,2-3,6-8,15H2. The average molecular weight is 294 g/mol. The number of nitrogens with zero attached hydrogens (tertiary/aromatic N) is 4. The number of ether oxygens (including phenoxy) is 1. The monoisotopic (exact) mass is 293 g/mol. The van der Waals surface area contributed by atoms with E-state index < -0.39 is 0 Å². The number of aromatic nitrogens is 4. The van der Waals surface area contributed by atoms with E-state index in [4.69, 9.17) is 22.1 Å². The highest BCUT2D eigenvalue weighted by Gasteiger charge is 2.18. The first-order chi connectivity index (χ1) is 9.75. The van der Waals surface area contributed by atoms with E-state index in [1.165, 1.54) is 0 Å². The summed E-state index contributed by atoms with van der Waals surface area (Å²) in [5, 5.41) is 12.3. The molecule has 1 aliphatic heterocycles. The van der Waals surface area contributed by atoms with Gasteiger partial charge in [0.2, 0.25) is 0 Å². The predicted octanol–water partition coefficient (Wildman–Crippen LogP) is 2.14. The van der Waals surface area contributed by atoms with Crippen molar-refractivity contribution >= 4 is 17.3 Å². The molecule has 0 bridgehead atoms. The van der Waals surface area contributed by atoms with Crippen LogP contribution < -0.4 is 5.73 Å². The lowest BCUT2D eigenvalue weighted by molar-refractivity contribution is 0.0994. The zero-order chi connectivity index (χ0) is 13.9. The van der Waals surface area contributed by atoms with Crippen molar-refractivity contribution in [2.24, 2.45) is 0 Å². The van der Waals surface area contributed by atoms with E-state index >= 15 is 0 Å². The molecule has 0 aliphatic carbocycles. The summed E-state index contributed by atoms with van der Waals surface area (Å²) in [5.74, 6) is 0.642. The molecule has 6 nitrogen and oxygen atoms in total. The van der Waals surface area contributed by atoms with E-state index in [0.717, 1.165) is 31.4 Å². The van der Waals surface area contributed by atoms with Gasteiger partial charge in [0, 0.05) is 18.7 Å². The van der Waals surface area contributed by atoms with Crippen LogP contribution in [-0.4, -0.2) is 32.9 Å². The Kier molecular flexibility index (Phi) is 3.84. The summed E-state index contributed by atoms with van der Waals surface area (Å²) in [7, 11) is 0. The molecule has 20 heavy (non-hydrogen) atoms. The highest BCUT2D eigenvalue weighted by Crippen LogP contribution is 2.29. The van der Waals surface area contributed by atoms with Crippen molar-refractivity contribution in [3.63, 3.8) is 0 Å². The molecule has 0 spiro atoms. The number of tetrazole rings is 1. The molecule has 1 unspecified atom stereocenters. The molecule has 1 atom stereocenters. The number of halogens is 1. The fourth-order valence-corrected chi connectivity index (χ4v) is 2.59. The van der Waals surface area contributed by atoms with Gasteiger partial charge in [0.25, 0.3) is 0 Å². The third kappa shape index (κ3) is 2.62. The number of rotatable bonds is 4. The molecule has 7 heteroatoms. The third-order valence-electron chi connectivity index (χ3n) is 3.51. The molecule has 1 aliphatic rings. The van der Waals surface area contributed by atoms with Crippen molar-refractivity contribution in [1.29, 1.82) is 0 Å². The fourth-order valence-electron chi connectivity index (χ4n) is 2.42. The average Bonchev–Trinajstić information content (AvgIpc) is 3.10. The number of aryl methyl sites for hydroxylation is 1. The van der Waals surface area contributed by atoms with Gasteiger partial charge >= 0.3 is 0 Å². The normalized spacial score (nSPS) is 18.6. The number of hydrogen-bond donors (Lipinski definition) is 1. The van der Waals surface area contributed by atoms with E-state index in [2.05, 4.69) is 15.5 Å². The van der Waals surface area contributed by atoms with Gasteiger partial charge in [-0.2, -0.15) is 0 Å². The molecule has 1 aromatic heterocycles. The number of hydrogen-bond acceptors (Lipinski definition) is 5. The van der Waals surface area contributed by atoms with Crippen LogP contribution in [0.15, 0.2) is 18.2 Å². The molecular formula is C13H16ClN5O. The first-order valence-electron chi connectivity index (χ1n) is 6.68. The maximum atomic E-state index is 6.04. The Morgan fingerprint density at radius 1 is 1.45 bits per heavy atom. The largest absolute Gasteiger partial charge is 0.397 e. The number of nitrogen functional groups attached to an aromatic ring is 1. The first-order valence-corrected chi connectivity index (χ1v) is 7.05. The van der Waals surface area contributed by atoms with Gasteiger partial charge in [0.15, 0.2) is 5.82 Å². The van der Waals surface area contributed by atoms with Crippen LogP contribution in [0, 0.1) is 0 Å². The van der Waals surface area contributed by atoms with Gasteiger partial charge in [-0.05, 0) is 41.8 Å². The number of nitrogens with two attached hydrogens (primary N) is 1. The van der Waals surface area contributed by atoms with Crippen molar-refractivity contribution in [3.8, 4) is 11.4 Å². The minimum absolute atomic E-state index is 0.309. The summed E-state index contributed by atoms with van der Waals surface area (Å²) in [5.41, 5.74) is 7.26. The van der Waals surface area contributed by atoms with Gasteiger partial charge in [-0.15, -0.1) is 5.10 Å². The Labute approximate surface area is 121 Å². The van der Waals surface area contributed by atoms with Gasteiger partial charge in [0.05, 0.1) is 16.8 Å². The maximum Gasteiger partial charge on any atom is 0.184 e. The van der Waals surface area contributed by atoms with Crippen LogP contribution in [0.5, 0.6) is 0 Å². The Bertz CT molecular complexity index is 594. The van der Waals surface area contributed by atoms with Gasteiger partial charge in [-0.1, -0.05) is 17.7 Å². The molecule has 2 heterocycles. The molecule has 1 fully saturated rings. The molecule has 0 saturated carbocycles. The van der Waals surface area contributed by atoms with E-state index in [9.17, 15) is 0 Å². The number of para-hydroxylation sites is 1. The molecule has 2 N–H and O–H groups in total. The van der Waals surface area contributed by atoms with Crippen LogP contribution in [0.3, 0.4) is 0 Å². The fraction of sp³-hybridized carbons (Fsp3) is 0.462. The minimum Gasteiger partial charge on any atom is -0.397 e. The first kappa shape index (κ1) is 13.3. The summed E-state index contributed by atoms with van der Waals surface area (Å²) in [4.78, 5) is 0. The van der Waals surface area contributed by atoms with E-state index in [1.807, 2.05) is 12.1 Å².